The minimum Gasteiger partial charge on any atom is -0.395 e. The molecular weight excluding hydrogens is 278 g/mol. The number of piperidine rings is 1. The summed E-state index contributed by atoms with van der Waals surface area (Å²) in [4.78, 5) is 19.4. The third-order valence-electron chi connectivity index (χ3n) is 5.55. The summed E-state index contributed by atoms with van der Waals surface area (Å²) in [6.45, 7) is 12.3. The molecule has 1 N–H and O–H groups in total. The molecule has 0 aliphatic carbocycles. The van der Waals surface area contributed by atoms with Gasteiger partial charge in [-0.3, -0.25) is 14.6 Å². The van der Waals surface area contributed by atoms with E-state index in [1.54, 1.807) is 0 Å². The second-order valence-corrected chi connectivity index (χ2v) is 7.00. The van der Waals surface area contributed by atoms with E-state index in [1.807, 2.05) is 0 Å². The zero-order valence-corrected chi connectivity index (χ0v) is 14.5. The van der Waals surface area contributed by atoms with Crippen molar-refractivity contribution in [1.29, 1.82) is 0 Å². The van der Waals surface area contributed by atoms with E-state index in [0.717, 1.165) is 64.4 Å². The van der Waals surface area contributed by atoms with Crippen molar-refractivity contribution in [3.63, 3.8) is 0 Å². The Morgan fingerprint density at radius 3 is 2.14 bits per heavy atom. The van der Waals surface area contributed by atoms with Crippen LogP contribution in [-0.4, -0.2) is 83.7 Å². The molecule has 5 heteroatoms. The summed E-state index contributed by atoms with van der Waals surface area (Å²) >= 11 is 0. The highest BCUT2D eigenvalue weighted by atomic mass is 16.3. The standard InChI is InChI=1S/C17H33N3O2/c1-4-16(13-21)19-11-9-18(10-12-19)15(3)17(22)20-7-5-14(2)6-8-20/h14-16,21H,4-13H2,1-3H3. The van der Waals surface area contributed by atoms with Gasteiger partial charge in [-0.25, -0.2) is 0 Å². The predicted molar refractivity (Wildman–Crippen MR) is 88.8 cm³/mol. The smallest absolute Gasteiger partial charge is 0.239 e. The van der Waals surface area contributed by atoms with E-state index in [-0.39, 0.29) is 18.7 Å². The van der Waals surface area contributed by atoms with Crippen molar-refractivity contribution in [2.75, 3.05) is 45.9 Å². The van der Waals surface area contributed by atoms with E-state index in [9.17, 15) is 9.90 Å². The Morgan fingerprint density at radius 1 is 1.09 bits per heavy atom. The second kappa shape index (κ2) is 8.27. The summed E-state index contributed by atoms with van der Waals surface area (Å²) in [5.41, 5.74) is 0. The monoisotopic (exact) mass is 311 g/mol. The van der Waals surface area contributed by atoms with Crippen molar-refractivity contribution in [3.05, 3.63) is 0 Å². The highest BCUT2D eigenvalue weighted by Crippen LogP contribution is 2.18. The summed E-state index contributed by atoms with van der Waals surface area (Å²) in [5.74, 6) is 1.06. The van der Waals surface area contributed by atoms with E-state index >= 15 is 0 Å². The van der Waals surface area contributed by atoms with Crippen LogP contribution in [0.2, 0.25) is 0 Å². The summed E-state index contributed by atoms with van der Waals surface area (Å²) in [6, 6.07) is 0.265. The summed E-state index contributed by atoms with van der Waals surface area (Å²) in [6.07, 6.45) is 3.26. The molecule has 0 aromatic rings. The van der Waals surface area contributed by atoms with Crippen LogP contribution in [-0.2, 0) is 4.79 Å². The van der Waals surface area contributed by atoms with Crippen molar-refractivity contribution >= 4 is 5.91 Å². The molecule has 2 saturated heterocycles. The molecule has 1 amide bonds. The molecule has 2 atom stereocenters. The first-order valence-corrected chi connectivity index (χ1v) is 8.94. The van der Waals surface area contributed by atoms with Crippen LogP contribution in [0.1, 0.15) is 40.0 Å². The van der Waals surface area contributed by atoms with Crippen LogP contribution < -0.4 is 0 Å². The van der Waals surface area contributed by atoms with Gasteiger partial charge in [0.2, 0.25) is 5.91 Å². The lowest BCUT2D eigenvalue weighted by molar-refractivity contribution is -0.138. The fourth-order valence-electron chi connectivity index (χ4n) is 3.64. The molecule has 0 saturated carbocycles. The molecule has 128 valence electrons. The Bertz CT molecular complexity index is 344. The van der Waals surface area contributed by atoms with Crippen molar-refractivity contribution < 1.29 is 9.90 Å². The summed E-state index contributed by atoms with van der Waals surface area (Å²) in [7, 11) is 0. The van der Waals surface area contributed by atoms with Crippen LogP contribution in [0.15, 0.2) is 0 Å². The van der Waals surface area contributed by atoms with E-state index in [4.69, 9.17) is 0 Å². The zero-order chi connectivity index (χ0) is 16.1. The largest absolute Gasteiger partial charge is 0.395 e. The van der Waals surface area contributed by atoms with Crippen LogP contribution >= 0.6 is 0 Å². The molecule has 2 fully saturated rings. The molecule has 2 aliphatic heterocycles. The predicted octanol–water partition coefficient (Wildman–Crippen LogP) is 1.02. The molecular formula is C17H33N3O2. The van der Waals surface area contributed by atoms with Gasteiger partial charge in [0.05, 0.1) is 12.6 Å². The maximum atomic E-state index is 12.7. The molecule has 0 spiro atoms. The third kappa shape index (κ3) is 4.21. The van der Waals surface area contributed by atoms with Gasteiger partial charge in [0.25, 0.3) is 0 Å². The molecule has 0 radical (unpaired) electrons. The fourth-order valence-corrected chi connectivity index (χ4v) is 3.64. The Hall–Kier alpha value is -0.650. The van der Waals surface area contributed by atoms with Crippen molar-refractivity contribution in [2.24, 2.45) is 5.92 Å². The number of likely N-dealkylation sites (tertiary alicyclic amines) is 1. The van der Waals surface area contributed by atoms with E-state index < -0.39 is 0 Å². The van der Waals surface area contributed by atoms with Crippen LogP contribution in [0.25, 0.3) is 0 Å². The lowest BCUT2D eigenvalue weighted by atomic mass is 9.98. The van der Waals surface area contributed by atoms with E-state index in [1.165, 1.54) is 0 Å². The third-order valence-corrected chi connectivity index (χ3v) is 5.55. The SMILES string of the molecule is CCC(CO)N1CCN(C(C)C(=O)N2CCC(C)CC2)CC1. The number of carbonyl (C=O) groups excluding carboxylic acids is 1. The normalized spacial score (nSPS) is 25.2. The van der Waals surface area contributed by atoms with Crippen LogP contribution in [0.4, 0.5) is 0 Å². The van der Waals surface area contributed by atoms with E-state index in [0.29, 0.717) is 5.91 Å². The minimum absolute atomic E-state index is 0.00948. The van der Waals surface area contributed by atoms with Crippen molar-refractivity contribution in [2.45, 2.75) is 52.1 Å². The maximum Gasteiger partial charge on any atom is 0.239 e. The zero-order valence-electron chi connectivity index (χ0n) is 14.5. The molecule has 2 aliphatic rings. The quantitative estimate of drug-likeness (QED) is 0.823. The first kappa shape index (κ1) is 17.7. The number of hydrogen-bond acceptors (Lipinski definition) is 4. The molecule has 2 heterocycles. The molecule has 2 unspecified atom stereocenters. The van der Waals surface area contributed by atoms with Crippen LogP contribution in [0.3, 0.4) is 0 Å². The molecule has 0 bridgehead atoms. The lowest BCUT2D eigenvalue weighted by Gasteiger charge is -2.42. The number of aliphatic hydroxyl groups is 1. The highest BCUT2D eigenvalue weighted by Gasteiger charge is 2.31. The van der Waals surface area contributed by atoms with Gasteiger partial charge in [-0.1, -0.05) is 13.8 Å². The average molecular weight is 311 g/mol. The summed E-state index contributed by atoms with van der Waals surface area (Å²) < 4.78 is 0. The van der Waals surface area contributed by atoms with Crippen LogP contribution in [0, 0.1) is 5.92 Å². The van der Waals surface area contributed by atoms with Crippen molar-refractivity contribution in [3.8, 4) is 0 Å². The molecule has 0 aromatic carbocycles. The number of nitrogens with zero attached hydrogens (tertiary/aromatic N) is 3. The number of hydrogen-bond donors (Lipinski definition) is 1. The molecule has 5 nitrogen and oxygen atoms in total. The molecule has 0 aromatic heterocycles. The van der Waals surface area contributed by atoms with Crippen molar-refractivity contribution in [1.82, 2.24) is 14.7 Å². The minimum atomic E-state index is -0.00948. The van der Waals surface area contributed by atoms with Gasteiger partial charge in [-0.15, -0.1) is 0 Å². The second-order valence-electron chi connectivity index (χ2n) is 7.00. The highest BCUT2D eigenvalue weighted by molar-refractivity contribution is 5.81. The first-order valence-electron chi connectivity index (χ1n) is 8.94. The number of rotatable bonds is 5. The van der Waals surface area contributed by atoms with Gasteiger partial charge in [-0.2, -0.15) is 0 Å². The van der Waals surface area contributed by atoms with Gasteiger partial charge < -0.3 is 10.0 Å². The Balaban J connectivity index is 1.81. The average Bonchev–Trinajstić information content (AvgIpc) is 2.56. The number of carbonyl (C=O) groups is 1. The molecule has 22 heavy (non-hydrogen) atoms. The lowest BCUT2D eigenvalue weighted by Crippen LogP contribution is -2.57. The van der Waals surface area contributed by atoms with Gasteiger partial charge in [-0.05, 0) is 32.1 Å². The number of piperazine rings is 1. The van der Waals surface area contributed by atoms with Gasteiger partial charge in [0.1, 0.15) is 0 Å². The van der Waals surface area contributed by atoms with E-state index in [2.05, 4.69) is 35.5 Å². The Morgan fingerprint density at radius 2 is 1.64 bits per heavy atom. The summed E-state index contributed by atoms with van der Waals surface area (Å²) in [5, 5.41) is 9.42. The van der Waals surface area contributed by atoms with Gasteiger partial charge in [0.15, 0.2) is 0 Å². The fraction of sp³-hybridized carbons (Fsp3) is 0.941. The van der Waals surface area contributed by atoms with Gasteiger partial charge in [0, 0.05) is 45.3 Å². The number of amides is 1. The Kier molecular flexibility index (Phi) is 6.66. The van der Waals surface area contributed by atoms with Crippen LogP contribution in [0.5, 0.6) is 0 Å². The first-order chi connectivity index (χ1) is 10.6. The maximum absolute atomic E-state index is 12.7. The number of aliphatic hydroxyl groups excluding tert-OH is 1. The molecule has 2 rings (SSSR count). The Labute approximate surface area is 135 Å². The van der Waals surface area contributed by atoms with Gasteiger partial charge >= 0.3 is 0 Å². The topological polar surface area (TPSA) is 47.0 Å².